The number of carbonyl (C=O) groups excluding carboxylic acids is 2. The maximum atomic E-state index is 11.9. The van der Waals surface area contributed by atoms with E-state index in [1.807, 2.05) is 12.1 Å². The van der Waals surface area contributed by atoms with Crippen molar-refractivity contribution in [1.29, 1.82) is 0 Å². The van der Waals surface area contributed by atoms with Gasteiger partial charge in [-0.2, -0.15) is 5.10 Å². The molecule has 0 unspecified atom stereocenters. The first-order chi connectivity index (χ1) is 23.7. The van der Waals surface area contributed by atoms with Crippen LogP contribution in [0.1, 0.15) is 60.2 Å². The van der Waals surface area contributed by atoms with Crippen molar-refractivity contribution in [1.82, 2.24) is 29.0 Å². The Morgan fingerprint density at radius 2 is 1.45 bits per heavy atom. The predicted molar refractivity (Wildman–Crippen MR) is 184 cm³/mol. The van der Waals surface area contributed by atoms with Crippen LogP contribution in [0.3, 0.4) is 0 Å². The van der Waals surface area contributed by atoms with Crippen molar-refractivity contribution in [3.63, 3.8) is 0 Å². The van der Waals surface area contributed by atoms with E-state index in [4.69, 9.17) is 29.2 Å². The summed E-state index contributed by atoms with van der Waals surface area (Å²) in [7, 11) is 0. The number of alkyl halides is 1. The number of H-pyrrole nitrogens is 1. The summed E-state index contributed by atoms with van der Waals surface area (Å²) in [4.78, 5) is 47.8. The van der Waals surface area contributed by atoms with Crippen LogP contribution in [0.15, 0.2) is 53.8 Å². The molecular weight excluding hydrogens is 970 g/mol. The summed E-state index contributed by atoms with van der Waals surface area (Å²) in [6.45, 7) is 12.0. The van der Waals surface area contributed by atoms with Crippen molar-refractivity contribution < 1.29 is 177 Å². The first kappa shape index (κ1) is 48.7. The Bertz CT molecular complexity index is 1680. The zero-order valence-corrected chi connectivity index (χ0v) is 44.0. The van der Waals surface area contributed by atoms with Gasteiger partial charge < -0.3 is 39.2 Å². The van der Waals surface area contributed by atoms with E-state index in [0.717, 1.165) is 30.7 Å². The van der Waals surface area contributed by atoms with Gasteiger partial charge in [0.15, 0.2) is 5.43 Å². The standard InChI is InChI=1S/C16H21N3O3.C10H10N2O3.C6H12BrN.CH2O3.2Cs/c1-2-21-16(20)14-12-17-19-8-5-13(11-15(14)19)22-10-9-18-6-3-4-7-18;1-2-15-10(14)8-6-11-12-4-3-7(13)5-9(8)12;7-3-6-8-4-1-2-5-8;2-1(3)4;;/h5,8,11-12H,2-4,6-7,9-10H2,1H3;3-6,11H,2H2,1H3;1-6H2;(H2,2,3,4);;/q;;;;2*+1/p-1. The molecule has 2 aliphatic rings. The number of fused-ring (bicyclic) bond motifs is 2. The second kappa shape index (κ2) is 27.3. The smallest absolute Gasteiger partial charge is 0.565 e. The summed E-state index contributed by atoms with van der Waals surface area (Å²) in [5.74, 6) is -0.0358. The number of aromatic amines is 1. The summed E-state index contributed by atoms with van der Waals surface area (Å²) in [5.41, 5.74) is 1.93. The average Bonchev–Trinajstić information content (AvgIpc) is 3.90. The third kappa shape index (κ3) is 17.4. The van der Waals surface area contributed by atoms with E-state index in [2.05, 4.69) is 35.9 Å². The molecule has 0 spiro atoms. The molecule has 0 aliphatic carbocycles. The average molecular weight is 1010 g/mol. The largest absolute Gasteiger partial charge is 1.00 e. The molecule has 0 radical (unpaired) electrons. The van der Waals surface area contributed by atoms with Crippen molar-refractivity contribution in [2.45, 2.75) is 39.5 Å². The van der Waals surface area contributed by atoms with E-state index < -0.39 is 12.1 Å². The molecule has 15 nitrogen and oxygen atoms in total. The van der Waals surface area contributed by atoms with Gasteiger partial charge in [-0.1, -0.05) is 15.9 Å². The normalized spacial score (nSPS) is 13.6. The molecule has 2 N–H and O–H groups in total. The van der Waals surface area contributed by atoms with Gasteiger partial charge in [0.05, 0.1) is 30.4 Å². The van der Waals surface area contributed by atoms with Gasteiger partial charge >= 0.3 is 150 Å². The first-order valence-electron chi connectivity index (χ1n) is 16.2. The van der Waals surface area contributed by atoms with Gasteiger partial charge in [0.2, 0.25) is 6.16 Å². The minimum absolute atomic E-state index is 0. The molecule has 268 valence electrons. The van der Waals surface area contributed by atoms with E-state index >= 15 is 0 Å². The number of ether oxygens (including phenoxy) is 3. The Labute approximate surface area is 423 Å². The number of hydrogen-bond acceptors (Lipinski definition) is 11. The molecule has 2 aliphatic heterocycles. The number of rotatable bonds is 10. The molecule has 2 saturated heterocycles. The van der Waals surface area contributed by atoms with Crippen LogP contribution >= 0.6 is 15.9 Å². The molecule has 6 heterocycles. The van der Waals surface area contributed by atoms with Crippen molar-refractivity contribution in [2.24, 2.45) is 0 Å². The number of nitrogens with zero attached hydrogens (tertiary/aromatic N) is 5. The molecule has 0 saturated carbocycles. The van der Waals surface area contributed by atoms with E-state index in [1.165, 1.54) is 69.8 Å². The number of carbonyl (C=O) groups is 3. The van der Waals surface area contributed by atoms with Crippen LogP contribution in [0.2, 0.25) is 0 Å². The summed E-state index contributed by atoms with van der Waals surface area (Å²) < 4.78 is 19.0. The van der Waals surface area contributed by atoms with Gasteiger partial charge in [-0.25, -0.2) is 14.1 Å². The summed E-state index contributed by atoms with van der Waals surface area (Å²) >= 11 is 3.42. The molecule has 0 amide bonds. The van der Waals surface area contributed by atoms with E-state index in [0.29, 0.717) is 42.0 Å². The van der Waals surface area contributed by atoms with Gasteiger partial charge in [0.25, 0.3) is 0 Å². The Hall–Kier alpha value is -0.306. The quantitative estimate of drug-likeness (QED) is 0.123. The third-order valence-corrected chi connectivity index (χ3v) is 7.86. The SMILES string of the molecule is BrCCN1CCCC1.CCOC(=O)c1c[nH]n2ccc(=O)cc12.CCOC(=O)c1cnn2ccc(OCCN3CCCC3)cc12.O=C([O-])O.[Cs+].[Cs+]. The van der Waals surface area contributed by atoms with Crippen LogP contribution in [0.5, 0.6) is 5.75 Å². The Balaban J connectivity index is 0.000000388. The van der Waals surface area contributed by atoms with Gasteiger partial charge in [-0.05, 0) is 71.8 Å². The number of pyridine rings is 2. The molecule has 0 atom stereocenters. The summed E-state index contributed by atoms with van der Waals surface area (Å²) in [6.07, 6.45) is 9.72. The van der Waals surface area contributed by atoms with Crippen LogP contribution in [0, 0.1) is 0 Å². The molecule has 18 heteroatoms. The fraction of sp³-hybridized carbons (Fsp3) is 0.485. The minimum atomic E-state index is -2.08. The molecule has 0 aromatic carbocycles. The number of carboxylic acid groups (broad SMARTS) is 2. The zero-order valence-electron chi connectivity index (χ0n) is 29.8. The van der Waals surface area contributed by atoms with Crippen LogP contribution in [0.4, 0.5) is 4.79 Å². The molecule has 2 fully saturated rings. The van der Waals surface area contributed by atoms with Crippen molar-refractivity contribution in [3.8, 4) is 5.75 Å². The predicted octanol–water partition coefficient (Wildman–Crippen LogP) is -2.84. The van der Waals surface area contributed by atoms with Gasteiger partial charge in [-0.3, -0.25) is 14.2 Å². The van der Waals surface area contributed by atoms with Gasteiger partial charge in [0, 0.05) is 55.2 Å². The fourth-order valence-electron chi connectivity index (χ4n) is 5.22. The number of nitrogens with one attached hydrogen (secondary N) is 1. The Kier molecular flexibility index (Phi) is 26.1. The maximum Gasteiger partial charge on any atom is 1.00 e. The van der Waals surface area contributed by atoms with E-state index in [1.54, 1.807) is 35.3 Å². The van der Waals surface area contributed by atoms with Gasteiger partial charge in [-0.15, -0.1) is 0 Å². The Morgan fingerprint density at radius 3 is 2.02 bits per heavy atom. The van der Waals surface area contributed by atoms with Crippen LogP contribution < -0.4 is 153 Å². The van der Waals surface area contributed by atoms with Crippen molar-refractivity contribution in [2.75, 3.05) is 64.4 Å². The van der Waals surface area contributed by atoms with Crippen molar-refractivity contribution >= 4 is 45.1 Å². The van der Waals surface area contributed by atoms with Crippen LogP contribution in [-0.4, -0.2) is 117 Å². The minimum Gasteiger partial charge on any atom is -0.565 e. The van der Waals surface area contributed by atoms with Crippen LogP contribution in [-0.2, 0) is 9.47 Å². The molecule has 6 rings (SSSR count). The third-order valence-electron chi connectivity index (χ3n) is 7.51. The summed E-state index contributed by atoms with van der Waals surface area (Å²) in [6, 6.07) is 6.50. The second-order valence-corrected chi connectivity index (χ2v) is 11.7. The Morgan fingerprint density at radius 1 is 0.882 bits per heavy atom. The molecule has 0 bridgehead atoms. The van der Waals surface area contributed by atoms with Crippen LogP contribution in [0.25, 0.3) is 11.0 Å². The topological polar surface area (TPSA) is 183 Å². The second-order valence-electron chi connectivity index (χ2n) is 10.9. The molecule has 4 aromatic rings. The zero-order chi connectivity index (χ0) is 35.6. The van der Waals surface area contributed by atoms with E-state index in [-0.39, 0.29) is 149 Å². The number of esters is 2. The van der Waals surface area contributed by atoms with Gasteiger partial charge in [0.1, 0.15) is 23.5 Å². The van der Waals surface area contributed by atoms with E-state index in [9.17, 15) is 14.4 Å². The number of hydrogen-bond donors (Lipinski definition) is 2. The molecule has 4 aromatic heterocycles. The fourth-order valence-corrected chi connectivity index (χ4v) is 5.72. The first-order valence-corrected chi connectivity index (χ1v) is 17.3. The maximum absolute atomic E-state index is 11.9. The monoisotopic (exact) mass is 1010 g/mol. The number of likely N-dealkylation sites (tertiary alicyclic amines) is 2. The summed E-state index contributed by atoms with van der Waals surface area (Å²) in [5, 5.41) is 23.4. The number of aromatic nitrogens is 4. The van der Waals surface area contributed by atoms with Crippen molar-refractivity contribution in [3.05, 3.63) is 70.4 Å². The molecular formula is C33H44BrCs2N6O9+. The molecule has 51 heavy (non-hydrogen) atoms. The number of halogens is 1.